The Balaban J connectivity index is 1.89. The number of rotatable bonds is 1. The molecule has 0 N–H and O–H groups in total. The molecule has 0 saturated heterocycles. The molecule has 1 fully saturated rings. The molecule has 1 aromatic rings. The second-order valence-electron chi connectivity index (χ2n) is 6.05. The van der Waals surface area contributed by atoms with Crippen LogP contribution in [-0.4, -0.2) is 9.97 Å². The number of halogens is 1. The van der Waals surface area contributed by atoms with Crippen LogP contribution in [0, 0.1) is 0 Å². The highest BCUT2D eigenvalue weighted by Crippen LogP contribution is 2.32. The van der Waals surface area contributed by atoms with Crippen molar-refractivity contribution in [2.24, 2.45) is 0 Å². The van der Waals surface area contributed by atoms with E-state index in [4.69, 9.17) is 16.6 Å². The van der Waals surface area contributed by atoms with Gasteiger partial charge in [-0.1, -0.05) is 43.7 Å². The van der Waals surface area contributed by atoms with E-state index in [9.17, 15) is 0 Å². The van der Waals surface area contributed by atoms with Gasteiger partial charge in [0.05, 0.1) is 0 Å². The zero-order valence-corrected chi connectivity index (χ0v) is 12.4. The Kier molecular flexibility index (Phi) is 4.37. The lowest BCUT2D eigenvalue weighted by atomic mass is 9.99. The zero-order valence-electron chi connectivity index (χ0n) is 11.6. The van der Waals surface area contributed by atoms with Crippen molar-refractivity contribution in [2.75, 3.05) is 0 Å². The number of hydrogen-bond donors (Lipinski definition) is 0. The third kappa shape index (κ3) is 3.10. The third-order valence-corrected chi connectivity index (χ3v) is 4.93. The fourth-order valence-corrected chi connectivity index (χ4v) is 3.75. The van der Waals surface area contributed by atoms with Crippen LogP contribution in [0.25, 0.3) is 0 Å². The summed E-state index contributed by atoms with van der Waals surface area (Å²) in [7, 11) is 0. The van der Waals surface area contributed by atoms with E-state index in [0.717, 1.165) is 23.8 Å². The largest absolute Gasteiger partial charge is 0.237 e. The molecule has 0 aromatic carbocycles. The molecule has 0 aliphatic heterocycles. The van der Waals surface area contributed by atoms with Crippen LogP contribution in [0.4, 0.5) is 0 Å². The lowest BCUT2D eigenvalue weighted by molar-refractivity contribution is 0.556. The molecule has 0 radical (unpaired) electrons. The van der Waals surface area contributed by atoms with E-state index in [1.165, 1.54) is 69.0 Å². The third-order valence-electron chi connectivity index (χ3n) is 4.62. The predicted molar refractivity (Wildman–Crippen MR) is 78.7 cm³/mol. The molecule has 0 spiro atoms. The maximum Gasteiger partial charge on any atom is 0.136 e. The summed E-state index contributed by atoms with van der Waals surface area (Å²) in [5.74, 6) is 1.58. The van der Waals surface area contributed by atoms with Crippen molar-refractivity contribution in [3.63, 3.8) is 0 Å². The second-order valence-corrected chi connectivity index (χ2v) is 6.41. The first-order valence-corrected chi connectivity index (χ1v) is 8.27. The summed E-state index contributed by atoms with van der Waals surface area (Å²) in [4.78, 5) is 9.55. The number of aryl methyl sites for hydroxylation is 1. The average Bonchev–Trinajstić information content (AvgIpc) is 2.81. The Morgan fingerprint density at radius 1 is 0.789 bits per heavy atom. The molecule has 2 aliphatic carbocycles. The molecule has 0 atom stereocenters. The van der Waals surface area contributed by atoms with E-state index in [1.807, 2.05) is 0 Å². The topological polar surface area (TPSA) is 25.8 Å². The first kappa shape index (κ1) is 13.4. The standard InChI is InChI=1S/C16H23ClN2/c17-15-13-10-6-3-7-11-14(13)18-16(19-15)12-8-4-1-2-5-9-12/h12H,1-11H2. The van der Waals surface area contributed by atoms with Crippen LogP contribution in [-0.2, 0) is 12.8 Å². The van der Waals surface area contributed by atoms with Crippen molar-refractivity contribution in [1.29, 1.82) is 0 Å². The highest BCUT2D eigenvalue weighted by molar-refractivity contribution is 6.30. The zero-order chi connectivity index (χ0) is 13.1. The van der Waals surface area contributed by atoms with Gasteiger partial charge in [-0.2, -0.15) is 0 Å². The van der Waals surface area contributed by atoms with Gasteiger partial charge in [0.2, 0.25) is 0 Å². The van der Waals surface area contributed by atoms with Gasteiger partial charge in [0.1, 0.15) is 11.0 Å². The van der Waals surface area contributed by atoms with Gasteiger partial charge in [-0.25, -0.2) is 9.97 Å². The van der Waals surface area contributed by atoms with Crippen LogP contribution in [0.2, 0.25) is 5.15 Å². The molecule has 19 heavy (non-hydrogen) atoms. The summed E-state index contributed by atoms with van der Waals surface area (Å²) < 4.78 is 0. The van der Waals surface area contributed by atoms with E-state index in [1.54, 1.807) is 0 Å². The van der Waals surface area contributed by atoms with Gasteiger partial charge >= 0.3 is 0 Å². The molecule has 2 nitrogen and oxygen atoms in total. The summed E-state index contributed by atoms with van der Waals surface area (Å²) in [6.45, 7) is 0. The second kappa shape index (κ2) is 6.21. The smallest absolute Gasteiger partial charge is 0.136 e. The molecule has 1 aromatic heterocycles. The number of nitrogens with zero attached hydrogens (tertiary/aromatic N) is 2. The fraction of sp³-hybridized carbons (Fsp3) is 0.750. The normalized spacial score (nSPS) is 21.5. The Morgan fingerprint density at radius 2 is 1.47 bits per heavy atom. The molecule has 3 rings (SSSR count). The highest BCUT2D eigenvalue weighted by Gasteiger charge is 2.21. The van der Waals surface area contributed by atoms with E-state index < -0.39 is 0 Å². The quantitative estimate of drug-likeness (QED) is 0.417. The predicted octanol–water partition coefficient (Wildman–Crippen LogP) is 4.84. The Morgan fingerprint density at radius 3 is 2.26 bits per heavy atom. The Labute approximate surface area is 121 Å². The van der Waals surface area contributed by atoms with Crippen LogP contribution >= 0.6 is 11.6 Å². The molecular weight excluding hydrogens is 256 g/mol. The van der Waals surface area contributed by atoms with Gasteiger partial charge in [-0.05, 0) is 38.5 Å². The van der Waals surface area contributed by atoms with Crippen molar-refractivity contribution in [1.82, 2.24) is 9.97 Å². The summed E-state index contributed by atoms with van der Waals surface area (Å²) in [6, 6.07) is 0. The van der Waals surface area contributed by atoms with Gasteiger partial charge < -0.3 is 0 Å². The van der Waals surface area contributed by atoms with Gasteiger partial charge in [-0.3, -0.25) is 0 Å². The van der Waals surface area contributed by atoms with Gasteiger partial charge in [0.15, 0.2) is 0 Å². The number of hydrogen-bond acceptors (Lipinski definition) is 2. The van der Waals surface area contributed by atoms with Crippen molar-refractivity contribution >= 4 is 11.6 Å². The van der Waals surface area contributed by atoms with E-state index >= 15 is 0 Å². The SMILES string of the molecule is Clc1nc(C2CCCCCC2)nc2c1CCCCC2. The minimum atomic E-state index is 0.550. The molecule has 2 aliphatic rings. The van der Waals surface area contributed by atoms with Crippen LogP contribution in [0.1, 0.15) is 80.8 Å². The molecule has 0 unspecified atom stereocenters. The maximum atomic E-state index is 6.43. The molecule has 104 valence electrons. The minimum absolute atomic E-state index is 0.550. The van der Waals surface area contributed by atoms with Crippen LogP contribution < -0.4 is 0 Å². The summed E-state index contributed by atoms with van der Waals surface area (Å²) >= 11 is 6.43. The summed E-state index contributed by atoms with van der Waals surface area (Å²) in [5, 5.41) is 0.742. The van der Waals surface area contributed by atoms with Crippen molar-refractivity contribution in [3.05, 3.63) is 22.2 Å². The lowest BCUT2D eigenvalue weighted by Crippen LogP contribution is -2.09. The molecule has 1 heterocycles. The minimum Gasteiger partial charge on any atom is -0.237 e. The van der Waals surface area contributed by atoms with Gasteiger partial charge in [0, 0.05) is 17.2 Å². The average molecular weight is 279 g/mol. The summed E-state index contributed by atoms with van der Waals surface area (Å²) in [5.41, 5.74) is 2.48. The highest BCUT2D eigenvalue weighted by atomic mass is 35.5. The molecule has 0 bridgehead atoms. The monoisotopic (exact) mass is 278 g/mol. The Bertz CT molecular complexity index is 437. The number of aromatic nitrogens is 2. The fourth-order valence-electron chi connectivity index (χ4n) is 3.46. The molecular formula is C16H23ClN2. The Hall–Kier alpha value is -0.630. The van der Waals surface area contributed by atoms with Crippen LogP contribution in [0.3, 0.4) is 0 Å². The molecule has 3 heteroatoms. The molecule has 1 saturated carbocycles. The van der Waals surface area contributed by atoms with Crippen molar-refractivity contribution < 1.29 is 0 Å². The van der Waals surface area contributed by atoms with Gasteiger partial charge in [-0.15, -0.1) is 0 Å². The van der Waals surface area contributed by atoms with Crippen LogP contribution in [0.15, 0.2) is 0 Å². The molecule has 0 amide bonds. The maximum absolute atomic E-state index is 6.43. The van der Waals surface area contributed by atoms with Crippen molar-refractivity contribution in [2.45, 2.75) is 76.5 Å². The van der Waals surface area contributed by atoms with Crippen molar-refractivity contribution in [3.8, 4) is 0 Å². The van der Waals surface area contributed by atoms with E-state index in [0.29, 0.717) is 5.92 Å². The first-order valence-electron chi connectivity index (χ1n) is 7.90. The van der Waals surface area contributed by atoms with E-state index in [-0.39, 0.29) is 0 Å². The number of fused-ring (bicyclic) bond motifs is 1. The first-order chi connectivity index (χ1) is 9.34. The summed E-state index contributed by atoms with van der Waals surface area (Å²) in [6.07, 6.45) is 13.8. The van der Waals surface area contributed by atoms with Crippen LogP contribution in [0.5, 0.6) is 0 Å². The lowest BCUT2D eigenvalue weighted by Gasteiger charge is -2.16. The van der Waals surface area contributed by atoms with Gasteiger partial charge in [0.25, 0.3) is 0 Å². The van der Waals surface area contributed by atoms with E-state index in [2.05, 4.69) is 4.98 Å².